The molecule has 0 heterocycles. The predicted octanol–water partition coefficient (Wildman–Crippen LogP) is 3.18. The van der Waals surface area contributed by atoms with E-state index in [0.29, 0.717) is 12.2 Å². The van der Waals surface area contributed by atoms with Gasteiger partial charge in [0.2, 0.25) is 0 Å². The average molecular weight is 258 g/mol. The largest absolute Gasteiger partial charge is 0.501 e. The highest BCUT2D eigenvalue weighted by Gasteiger charge is 2.37. The van der Waals surface area contributed by atoms with E-state index in [-0.39, 0.29) is 0 Å². The first kappa shape index (κ1) is 13.4. The molecule has 0 saturated carbocycles. The molecule has 1 aliphatic carbocycles. The molecule has 1 aromatic carbocycles. The van der Waals surface area contributed by atoms with Crippen LogP contribution in [0.15, 0.2) is 47.9 Å². The molecule has 0 fully saturated rings. The van der Waals surface area contributed by atoms with Crippen molar-refractivity contribution in [3.8, 4) is 0 Å². The van der Waals surface area contributed by atoms with E-state index in [2.05, 4.69) is 0 Å². The summed E-state index contributed by atoms with van der Waals surface area (Å²) in [5.41, 5.74) is 1.28. The Bertz CT molecular complexity index is 528. The highest BCUT2D eigenvalue weighted by Crippen LogP contribution is 2.44. The van der Waals surface area contributed by atoms with Crippen molar-refractivity contribution in [1.82, 2.24) is 0 Å². The van der Waals surface area contributed by atoms with E-state index < -0.39 is 5.41 Å². The molecule has 1 unspecified atom stereocenters. The van der Waals surface area contributed by atoms with E-state index in [1.54, 1.807) is 14.2 Å². The van der Waals surface area contributed by atoms with Crippen LogP contribution >= 0.6 is 0 Å². The lowest BCUT2D eigenvalue weighted by atomic mass is 9.73. The van der Waals surface area contributed by atoms with Gasteiger partial charge in [-0.2, -0.15) is 0 Å². The summed E-state index contributed by atoms with van der Waals surface area (Å²) < 4.78 is 10.7. The van der Waals surface area contributed by atoms with Gasteiger partial charge in [-0.05, 0) is 12.5 Å². The predicted molar refractivity (Wildman–Crippen MR) is 74.3 cm³/mol. The van der Waals surface area contributed by atoms with Gasteiger partial charge in [0.25, 0.3) is 0 Å². The summed E-state index contributed by atoms with van der Waals surface area (Å²) in [5.74, 6) is 1.44. The zero-order valence-electron chi connectivity index (χ0n) is 11.5. The van der Waals surface area contributed by atoms with Gasteiger partial charge in [-0.1, -0.05) is 30.3 Å². The second-order valence-corrected chi connectivity index (χ2v) is 4.84. The van der Waals surface area contributed by atoms with Gasteiger partial charge in [-0.15, -0.1) is 0 Å². The highest BCUT2D eigenvalue weighted by molar-refractivity contribution is 5.88. The lowest BCUT2D eigenvalue weighted by Gasteiger charge is -2.32. The van der Waals surface area contributed by atoms with Crippen molar-refractivity contribution in [2.45, 2.75) is 13.3 Å². The van der Waals surface area contributed by atoms with Gasteiger partial charge >= 0.3 is 0 Å². The number of rotatable bonds is 4. The van der Waals surface area contributed by atoms with Gasteiger partial charge in [-0.3, -0.25) is 0 Å². The Labute approximate surface area is 113 Å². The molecule has 0 aliphatic heterocycles. The molecule has 1 atom stereocenters. The van der Waals surface area contributed by atoms with Crippen LogP contribution in [0.1, 0.15) is 18.9 Å². The second-order valence-electron chi connectivity index (χ2n) is 4.84. The molecule has 1 aromatic rings. The zero-order chi connectivity index (χ0) is 13.9. The van der Waals surface area contributed by atoms with Crippen molar-refractivity contribution in [3.05, 3.63) is 53.5 Å². The molecule has 3 heteroatoms. The summed E-state index contributed by atoms with van der Waals surface area (Å²) in [6.45, 7) is 1.91. The van der Waals surface area contributed by atoms with Crippen LogP contribution in [0.4, 0.5) is 0 Å². The number of carbonyl (C=O) groups is 1. The monoisotopic (exact) mass is 258 g/mol. The molecule has 3 nitrogen and oxygen atoms in total. The van der Waals surface area contributed by atoms with Crippen LogP contribution < -0.4 is 0 Å². The number of methoxy groups -OCH3 is 2. The van der Waals surface area contributed by atoms with E-state index in [0.717, 1.165) is 23.2 Å². The van der Waals surface area contributed by atoms with Gasteiger partial charge in [0.15, 0.2) is 0 Å². The van der Waals surface area contributed by atoms with Crippen LogP contribution in [0.25, 0.3) is 5.57 Å². The first-order valence-electron chi connectivity index (χ1n) is 6.19. The summed E-state index contributed by atoms with van der Waals surface area (Å²) in [6.07, 6.45) is 3.37. The number of ether oxygens (including phenoxy) is 2. The van der Waals surface area contributed by atoms with E-state index >= 15 is 0 Å². The van der Waals surface area contributed by atoms with Gasteiger partial charge < -0.3 is 14.3 Å². The molecule has 0 amide bonds. The highest BCUT2D eigenvalue weighted by atomic mass is 16.5. The lowest BCUT2D eigenvalue weighted by Crippen LogP contribution is -2.26. The minimum absolute atomic E-state index is 0.546. The van der Waals surface area contributed by atoms with Crippen LogP contribution in [-0.2, 0) is 14.3 Å². The molecule has 2 rings (SSSR count). The molecular weight excluding hydrogens is 240 g/mol. The summed E-state index contributed by atoms with van der Waals surface area (Å²) in [6, 6.07) is 9.84. The van der Waals surface area contributed by atoms with E-state index in [4.69, 9.17) is 9.47 Å². The Morgan fingerprint density at radius 1 is 1.16 bits per heavy atom. The van der Waals surface area contributed by atoms with E-state index in [1.165, 1.54) is 0 Å². The number of allylic oxidation sites excluding steroid dienone is 3. The Morgan fingerprint density at radius 3 is 2.37 bits per heavy atom. The number of hydrogen-bond donors (Lipinski definition) is 0. The fraction of sp³-hybridized carbons (Fsp3) is 0.312. The Balaban J connectivity index is 2.64. The maximum atomic E-state index is 11.6. The third kappa shape index (κ3) is 2.41. The topological polar surface area (TPSA) is 35.5 Å². The zero-order valence-corrected chi connectivity index (χ0v) is 11.5. The molecule has 100 valence electrons. The number of hydrogen-bond acceptors (Lipinski definition) is 3. The minimum Gasteiger partial charge on any atom is -0.501 e. The van der Waals surface area contributed by atoms with Crippen LogP contribution in [0.2, 0.25) is 0 Å². The minimum atomic E-state index is -0.632. The standard InChI is InChI=1S/C16H18O3/c1-16(11-17)10-13(18-2)9-14(19-3)15(16)12-7-5-4-6-8-12/h4-9,11H,10H2,1-3H3. The smallest absolute Gasteiger partial charge is 0.130 e. The van der Waals surface area contributed by atoms with Crippen molar-refractivity contribution in [3.63, 3.8) is 0 Å². The second kappa shape index (κ2) is 5.31. The van der Waals surface area contributed by atoms with Gasteiger partial charge in [0.05, 0.1) is 19.6 Å². The molecule has 19 heavy (non-hydrogen) atoms. The van der Waals surface area contributed by atoms with E-state index in [9.17, 15) is 4.79 Å². The van der Waals surface area contributed by atoms with Crippen LogP contribution in [-0.4, -0.2) is 20.5 Å². The van der Waals surface area contributed by atoms with Crippen molar-refractivity contribution < 1.29 is 14.3 Å². The normalized spacial score (nSPS) is 22.8. The van der Waals surface area contributed by atoms with Crippen molar-refractivity contribution in [1.29, 1.82) is 0 Å². The Hall–Kier alpha value is -2.03. The molecule has 0 radical (unpaired) electrons. The number of carbonyl (C=O) groups excluding carboxylic acids is 1. The van der Waals surface area contributed by atoms with Gasteiger partial charge in [-0.25, -0.2) is 0 Å². The van der Waals surface area contributed by atoms with E-state index in [1.807, 2.05) is 43.3 Å². The maximum absolute atomic E-state index is 11.6. The first-order valence-corrected chi connectivity index (χ1v) is 6.19. The molecular formula is C16H18O3. The third-order valence-corrected chi connectivity index (χ3v) is 3.46. The molecule has 1 aliphatic rings. The maximum Gasteiger partial charge on any atom is 0.130 e. The van der Waals surface area contributed by atoms with Crippen LogP contribution in [0.5, 0.6) is 0 Å². The van der Waals surface area contributed by atoms with Crippen LogP contribution in [0, 0.1) is 5.41 Å². The number of aldehydes is 1. The molecule has 0 N–H and O–H groups in total. The summed E-state index contributed by atoms with van der Waals surface area (Å²) >= 11 is 0. The van der Waals surface area contributed by atoms with Crippen molar-refractivity contribution in [2.24, 2.45) is 5.41 Å². The molecule has 0 spiro atoms. The molecule has 0 aromatic heterocycles. The average Bonchev–Trinajstić information content (AvgIpc) is 2.47. The first-order chi connectivity index (χ1) is 9.14. The quantitative estimate of drug-likeness (QED) is 0.778. The van der Waals surface area contributed by atoms with Gasteiger partial charge in [0.1, 0.15) is 17.8 Å². The lowest BCUT2D eigenvalue weighted by molar-refractivity contribution is -0.113. The molecule has 0 saturated heterocycles. The summed E-state index contributed by atoms with van der Waals surface area (Å²) in [7, 11) is 3.22. The fourth-order valence-electron chi connectivity index (χ4n) is 2.47. The summed E-state index contributed by atoms with van der Waals surface area (Å²) in [4.78, 5) is 11.6. The van der Waals surface area contributed by atoms with Crippen LogP contribution in [0.3, 0.4) is 0 Å². The Morgan fingerprint density at radius 2 is 1.84 bits per heavy atom. The number of benzene rings is 1. The third-order valence-electron chi connectivity index (χ3n) is 3.46. The fourth-order valence-corrected chi connectivity index (χ4v) is 2.47. The van der Waals surface area contributed by atoms with Crippen molar-refractivity contribution in [2.75, 3.05) is 14.2 Å². The Kier molecular flexibility index (Phi) is 3.74. The van der Waals surface area contributed by atoms with Crippen molar-refractivity contribution >= 4 is 11.9 Å². The summed E-state index contributed by atoms with van der Waals surface area (Å²) in [5, 5.41) is 0. The molecule has 0 bridgehead atoms. The SMILES string of the molecule is COC1=CC(OC)=C(c2ccccc2)C(C)(C=O)C1. The van der Waals surface area contributed by atoms with Gasteiger partial charge in [0, 0.05) is 18.1 Å².